The van der Waals surface area contributed by atoms with E-state index in [2.05, 4.69) is 15.4 Å². The van der Waals surface area contributed by atoms with E-state index in [1.807, 2.05) is 0 Å². The Labute approximate surface area is 171 Å². The molecule has 0 spiro atoms. The van der Waals surface area contributed by atoms with Crippen LogP contribution in [-0.4, -0.2) is 25.1 Å². The van der Waals surface area contributed by atoms with E-state index in [-0.39, 0.29) is 23.3 Å². The summed E-state index contributed by atoms with van der Waals surface area (Å²) < 4.78 is 81.9. The Morgan fingerprint density at radius 2 is 1.84 bits per heavy atom. The van der Waals surface area contributed by atoms with Gasteiger partial charge in [-0.2, -0.15) is 31.4 Å². The lowest BCUT2D eigenvalue weighted by molar-refractivity contribution is -0.142. The standard InChI is InChI=1S/C19H17F6N5O/c1-10-7-26-17-13(6-11(8-29(10)17)18(20,21)22)27-15(31)9-30-14-5-3-2-4-12(14)16(28-30)19(23,24)25/h6-8H,2-5,9H2,1H3,(H,27,31). The Morgan fingerprint density at radius 3 is 2.52 bits per heavy atom. The van der Waals surface area contributed by atoms with E-state index < -0.39 is 36.1 Å². The van der Waals surface area contributed by atoms with Crippen LogP contribution < -0.4 is 5.32 Å². The summed E-state index contributed by atoms with van der Waals surface area (Å²) in [6.07, 6.45) is -5.27. The summed E-state index contributed by atoms with van der Waals surface area (Å²) in [5, 5.41) is 5.95. The number of nitrogens with one attached hydrogen (secondary N) is 1. The van der Waals surface area contributed by atoms with Crippen molar-refractivity contribution >= 4 is 17.2 Å². The Balaban J connectivity index is 1.66. The fourth-order valence-electron chi connectivity index (χ4n) is 3.81. The monoisotopic (exact) mass is 445 g/mol. The summed E-state index contributed by atoms with van der Waals surface area (Å²) in [5.41, 5.74) is -1.26. The number of imidazole rings is 1. The number of hydrogen-bond acceptors (Lipinski definition) is 3. The molecule has 0 saturated heterocycles. The number of carbonyl (C=O) groups is 1. The Morgan fingerprint density at radius 1 is 1.13 bits per heavy atom. The molecule has 3 heterocycles. The number of alkyl halides is 6. The third-order valence-corrected chi connectivity index (χ3v) is 5.21. The molecule has 31 heavy (non-hydrogen) atoms. The van der Waals surface area contributed by atoms with Gasteiger partial charge < -0.3 is 9.72 Å². The van der Waals surface area contributed by atoms with E-state index in [1.165, 1.54) is 10.6 Å². The van der Waals surface area contributed by atoms with Crippen LogP contribution in [0, 0.1) is 6.92 Å². The van der Waals surface area contributed by atoms with Crippen molar-refractivity contribution < 1.29 is 31.1 Å². The quantitative estimate of drug-likeness (QED) is 0.608. The van der Waals surface area contributed by atoms with E-state index >= 15 is 0 Å². The lowest BCUT2D eigenvalue weighted by Crippen LogP contribution is -2.22. The zero-order valence-electron chi connectivity index (χ0n) is 16.2. The van der Waals surface area contributed by atoms with Gasteiger partial charge >= 0.3 is 12.4 Å². The topological polar surface area (TPSA) is 64.2 Å². The molecule has 0 aromatic carbocycles. The van der Waals surface area contributed by atoms with Crippen molar-refractivity contribution in [2.45, 2.75) is 51.5 Å². The van der Waals surface area contributed by atoms with E-state index in [0.29, 0.717) is 30.7 Å². The lowest BCUT2D eigenvalue weighted by atomic mass is 9.95. The minimum Gasteiger partial charge on any atom is -0.321 e. The van der Waals surface area contributed by atoms with Crippen LogP contribution in [0.15, 0.2) is 18.5 Å². The van der Waals surface area contributed by atoms with Gasteiger partial charge in [-0.25, -0.2) is 4.98 Å². The summed E-state index contributed by atoms with van der Waals surface area (Å²) in [4.78, 5) is 16.6. The van der Waals surface area contributed by atoms with Gasteiger partial charge in [0.2, 0.25) is 5.91 Å². The SMILES string of the molecule is Cc1cnc2c(NC(=O)Cn3nc(C(F)(F)F)c4c3CCCC4)cc(C(F)(F)F)cn12. The van der Waals surface area contributed by atoms with Gasteiger partial charge in [0.1, 0.15) is 6.54 Å². The minimum absolute atomic E-state index is 0.0805. The molecule has 3 aromatic rings. The number of pyridine rings is 1. The number of fused-ring (bicyclic) bond motifs is 2. The predicted molar refractivity (Wildman–Crippen MR) is 97.4 cm³/mol. The van der Waals surface area contributed by atoms with Gasteiger partial charge in [0.05, 0.1) is 11.3 Å². The smallest absolute Gasteiger partial charge is 0.321 e. The summed E-state index contributed by atoms with van der Waals surface area (Å²) in [5.74, 6) is -0.800. The molecule has 0 atom stereocenters. The first-order valence-corrected chi connectivity index (χ1v) is 9.45. The van der Waals surface area contributed by atoms with E-state index in [1.54, 1.807) is 6.92 Å². The molecule has 0 bridgehead atoms. The molecule has 1 aliphatic rings. The first kappa shape index (κ1) is 21.2. The molecular formula is C19H17F6N5O. The summed E-state index contributed by atoms with van der Waals surface area (Å²) in [6, 6.07) is 0.749. The Kier molecular flexibility index (Phi) is 4.97. The molecular weight excluding hydrogens is 428 g/mol. The van der Waals surface area contributed by atoms with Crippen molar-refractivity contribution in [2.24, 2.45) is 0 Å². The van der Waals surface area contributed by atoms with Gasteiger partial charge in [-0.15, -0.1) is 0 Å². The van der Waals surface area contributed by atoms with Crippen LogP contribution in [-0.2, 0) is 36.5 Å². The number of rotatable bonds is 3. The molecule has 4 rings (SSSR count). The minimum atomic E-state index is -4.66. The molecule has 0 unspecified atom stereocenters. The lowest BCUT2D eigenvalue weighted by Gasteiger charge is -2.15. The zero-order chi connectivity index (χ0) is 22.6. The van der Waals surface area contributed by atoms with Crippen LogP contribution >= 0.6 is 0 Å². The van der Waals surface area contributed by atoms with Gasteiger partial charge in [-0.3, -0.25) is 9.48 Å². The van der Waals surface area contributed by atoms with E-state index in [0.717, 1.165) is 16.9 Å². The number of anilines is 1. The number of nitrogens with zero attached hydrogens (tertiary/aromatic N) is 4. The molecule has 1 amide bonds. The van der Waals surface area contributed by atoms with Crippen molar-refractivity contribution in [3.63, 3.8) is 0 Å². The fourth-order valence-corrected chi connectivity index (χ4v) is 3.81. The molecule has 0 radical (unpaired) electrons. The largest absolute Gasteiger partial charge is 0.435 e. The maximum atomic E-state index is 13.3. The average molecular weight is 445 g/mol. The van der Waals surface area contributed by atoms with Crippen LogP contribution in [0.3, 0.4) is 0 Å². The fraction of sp³-hybridized carbons (Fsp3) is 0.421. The van der Waals surface area contributed by atoms with Crippen molar-refractivity contribution in [2.75, 3.05) is 5.32 Å². The van der Waals surface area contributed by atoms with E-state index in [9.17, 15) is 31.1 Å². The third kappa shape index (κ3) is 3.98. The molecule has 1 N–H and O–H groups in total. The summed E-state index contributed by atoms with van der Waals surface area (Å²) >= 11 is 0. The number of aryl methyl sites for hydroxylation is 1. The van der Waals surface area contributed by atoms with Gasteiger partial charge in [-0.05, 0) is 38.7 Å². The van der Waals surface area contributed by atoms with Gasteiger partial charge in [0.15, 0.2) is 11.3 Å². The van der Waals surface area contributed by atoms with E-state index in [4.69, 9.17) is 0 Å². The number of aromatic nitrogens is 4. The molecule has 0 aliphatic heterocycles. The van der Waals surface area contributed by atoms with Crippen LogP contribution in [0.4, 0.5) is 32.0 Å². The number of amides is 1. The predicted octanol–water partition coefficient (Wildman–Crippen LogP) is 4.39. The van der Waals surface area contributed by atoms with Crippen LogP contribution in [0.25, 0.3) is 5.65 Å². The molecule has 166 valence electrons. The second kappa shape index (κ2) is 7.27. The molecule has 6 nitrogen and oxygen atoms in total. The second-order valence-corrected chi connectivity index (χ2v) is 7.42. The molecule has 0 saturated carbocycles. The molecule has 3 aromatic heterocycles. The number of hydrogen-bond donors (Lipinski definition) is 1. The molecule has 12 heteroatoms. The molecule has 0 fully saturated rings. The van der Waals surface area contributed by atoms with Crippen molar-refractivity contribution in [3.8, 4) is 0 Å². The van der Waals surface area contributed by atoms with Crippen LogP contribution in [0.1, 0.15) is 41.1 Å². The highest BCUT2D eigenvalue weighted by Crippen LogP contribution is 2.36. The Bertz CT molecular complexity index is 1160. The summed E-state index contributed by atoms with van der Waals surface area (Å²) in [7, 11) is 0. The summed E-state index contributed by atoms with van der Waals surface area (Å²) in [6.45, 7) is 1.00. The zero-order valence-corrected chi connectivity index (χ0v) is 16.2. The van der Waals surface area contributed by atoms with Gasteiger partial charge in [0.25, 0.3) is 0 Å². The number of carbonyl (C=O) groups excluding carboxylic acids is 1. The highest BCUT2D eigenvalue weighted by atomic mass is 19.4. The van der Waals surface area contributed by atoms with Crippen molar-refractivity contribution in [3.05, 3.63) is 46.7 Å². The molecule has 1 aliphatic carbocycles. The van der Waals surface area contributed by atoms with Crippen LogP contribution in [0.2, 0.25) is 0 Å². The maximum Gasteiger partial charge on any atom is 0.435 e. The van der Waals surface area contributed by atoms with Crippen molar-refractivity contribution in [1.82, 2.24) is 19.2 Å². The number of halogens is 6. The second-order valence-electron chi connectivity index (χ2n) is 7.42. The first-order valence-electron chi connectivity index (χ1n) is 9.45. The maximum absolute atomic E-state index is 13.3. The first-order chi connectivity index (χ1) is 14.4. The Hall–Kier alpha value is -3.05. The average Bonchev–Trinajstić information content (AvgIpc) is 3.22. The highest BCUT2D eigenvalue weighted by Gasteiger charge is 2.39. The highest BCUT2D eigenvalue weighted by molar-refractivity contribution is 5.94. The normalized spacial score (nSPS) is 14.7. The van der Waals surface area contributed by atoms with Crippen LogP contribution in [0.5, 0.6) is 0 Å². The van der Waals surface area contributed by atoms with Gasteiger partial charge in [-0.1, -0.05) is 0 Å². The van der Waals surface area contributed by atoms with Gasteiger partial charge in [0, 0.05) is 29.3 Å². The van der Waals surface area contributed by atoms with Crippen molar-refractivity contribution in [1.29, 1.82) is 0 Å². The third-order valence-electron chi connectivity index (χ3n) is 5.21.